The highest BCUT2D eigenvalue weighted by Gasteiger charge is 2.29. The molecule has 1 unspecified atom stereocenters. The molecule has 0 aliphatic carbocycles. The third-order valence-corrected chi connectivity index (χ3v) is 3.12. The standard InChI is InChI=1S/C12H20N4O3/c1-12(2,8-14-11(18)19)15-7-10(17)16-5-3-4-9(16)6-13/h9,14-15H,3-5,7-8H2,1-2H3,(H,18,19). The van der Waals surface area contributed by atoms with Crippen LogP contribution in [0.15, 0.2) is 0 Å². The Morgan fingerprint density at radius 1 is 1.53 bits per heavy atom. The average Bonchev–Trinajstić information content (AvgIpc) is 2.82. The number of likely N-dealkylation sites (tertiary alicyclic amines) is 1. The van der Waals surface area contributed by atoms with E-state index in [1.165, 1.54) is 0 Å². The molecule has 0 radical (unpaired) electrons. The number of nitriles is 1. The first-order chi connectivity index (χ1) is 8.85. The van der Waals surface area contributed by atoms with E-state index in [0.29, 0.717) is 6.54 Å². The van der Waals surface area contributed by atoms with Crippen LogP contribution in [0.5, 0.6) is 0 Å². The first-order valence-electron chi connectivity index (χ1n) is 6.26. The van der Waals surface area contributed by atoms with Crippen LogP contribution in [-0.4, -0.2) is 53.2 Å². The van der Waals surface area contributed by atoms with Crippen molar-refractivity contribution in [3.8, 4) is 6.07 Å². The van der Waals surface area contributed by atoms with Crippen LogP contribution in [0.1, 0.15) is 26.7 Å². The Hall–Kier alpha value is -1.81. The van der Waals surface area contributed by atoms with Gasteiger partial charge in [-0.05, 0) is 26.7 Å². The zero-order valence-electron chi connectivity index (χ0n) is 11.3. The van der Waals surface area contributed by atoms with Crippen LogP contribution < -0.4 is 10.6 Å². The quantitative estimate of drug-likeness (QED) is 0.657. The maximum absolute atomic E-state index is 12.0. The Kier molecular flexibility index (Phi) is 5.12. The Bertz CT molecular complexity index is 389. The summed E-state index contributed by atoms with van der Waals surface area (Å²) in [6, 6.07) is 1.79. The largest absolute Gasteiger partial charge is 0.465 e. The van der Waals surface area contributed by atoms with E-state index in [2.05, 4.69) is 16.7 Å². The van der Waals surface area contributed by atoms with Crippen LogP contribution in [-0.2, 0) is 4.79 Å². The van der Waals surface area contributed by atoms with E-state index >= 15 is 0 Å². The molecule has 1 rings (SSSR count). The number of carbonyl (C=O) groups is 2. The molecular weight excluding hydrogens is 248 g/mol. The van der Waals surface area contributed by atoms with Gasteiger partial charge >= 0.3 is 6.09 Å². The van der Waals surface area contributed by atoms with Crippen LogP contribution in [0.3, 0.4) is 0 Å². The summed E-state index contributed by atoms with van der Waals surface area (Å²) < 4.78 is 0. The van der Waals surface area contributed by atoms with Crippen molar-refractivity contribution in [2.24, 2.45) is 0 Å². The molecule has 1 aliphatic rings. The summed E-state index contributed by atoms with van der Waals surface area (Å²) in [4.78, 5) is 24.0. The summed E-state index contributed by atoms with van der Waals surface area (Å²) in [5.74, 6) is -0.118. The lowest BCUT2D eigenvalue weighted by molar-refractivity contribution is -0.130. The topological polar surface area (TPSA) is 105 Å². The van der Waals surface area contributed by atoms with Gasteiger partial charge in [0.15, 0.2) is 0 Å². The predicted molar refractivity (Wildman–Crippen MR) is 68.5 cm³/mol. The van der Waals surface area contributed by atoms with Crippen molar-refractivity contribution >= 4 is 12.0 Å². The summed E-state index contributed by atoms with van der Waals surface area (Å²) in [7, 11) is 0. The molecule has 1 atom stereocenters. The van der Waals surface area contributed by atoms with Gasteiger partial charge in [-0.2, -0.15) is 5.26 Å². The molecule has 19 heavy (non-hydrogen) atoms. The second-order valence-corrected chi connectivity index (χ2v) is 5.27. The van der Waals surface area contributed by atoms with Crippen molar-refractivity contribution in [1.29, 1.82) is 5.26 Å². The molecule has 0 saturated carbocycles. The van der Waals surface area contributed by atoms with E-state index < -0.39 is 11.6 Å². The highest BCUT2D eigenvalue weighted by atomic mass is 16.4. The second-order valence-electron chi connectivity index (χ2n) is 5.27. The lowest BCUT2D eigenvalue weighted by Crippen LogP contribution is -2.52. The van der Waals surface area contributed by atoms with E-state index in [1.54, 1.807) is 4.90 Å². The van der Waals surface area contributed by atoms with Gasteiger partial charge < -0.3 is 20.6 Å². The number of carbonyl (C=O) groups excluding carboxylic acids is 1. The number of nitrogens with one attached hydrogen (secondary N) is 2. The van der Waals surface area contributed by atoms with Gasteiger partial charge in [0.25, 0.3) is 0 Å². The molecule has 1 aliphatic heterocycles. The molecule has 1 fully saturated rings. The van der Waals surface area contributed by atoms with Crippen molar-refractivity contribution in [1.82, 2.24) is 15.5 Å². The number of rotatable bonds is 5. The monoisotopic (exact) mass is 268 g/mol. The molecular formula is C12H20N4O3. The average molecular weight is 268 g/mol. The Labute approximate surface area is 112 Å². The molecule has 7 heteroatoms. The SMILES string of the molecule is CC(C)(CNC(=O)O)NCC(=O)N1CCCC1C#N. The Morgan fingerprint density at radius 2 is 2.21 bits per heavy atom. The van der Waals surface area contributed by atoms with Gasteiger partial charge in [-0.15, -0.1) is 0 Å². The minimum Gasteiger partial charge on any atom is -0.465 e. The predicted octanol–water partition coefficient (Wildman–Crippen LogP) is 0.137. The van der Waals surface area contributed by atoms with E-state index in [4.69, 9.17) is 10.4 Å². The molecule has 0 spiro atoms. The van der Waals surface area contributed by atoms with E-state index in [9.17, 15) is 9.59 Å². The van der Waals surface area contributed by atoms with Gasteiger partial charge in [-0.1, -0.05) is 0 Å². The highest BCUT2D eigenvalue weighted by molar-refractivity contribution is 5.79. The van der Waals surface area contributed by atoms with Crippen LogP contribution in [0.25, 0.3) is 0 Å². The molecule has 3 N–H and O–H groups in total. The van der Waals surface area contributed by atoms with Gasteiger partial charge in [0.1, 0.15) is 6.04 Å². The minimum atomic E-state index is -1.09. The van der Waals surface area contributed by atoms with Crippen LogP contribution in [0.4, 0.5) is 4.79 Å². The normalized spacial score (nSPS) is 19.0. The molecule has 0 aromatic heterocycles. The zero-order valence-corrected chi connectivity index (χ0v) is 11.3. The molecule has 7 nitrogen and oxygen atoms in total. The van der Waals surface area contributed by atoms with Crippen LogP contribution >= 0.6 is 0 Å². The summed E-state index contributed by atoms with van der Waals surface area (Å²) in [6.45, 7) is 4.54. The summed E-state index contributed by atoms with van der Waals surface area (Å²) >= 11 is 0. The molecule has 1 heterocycles. The number of nitrogens with zero attached hydrogens (tertiary/aromatic N) is 2. The van der Waals surface area contributed by atoms with Gasteiger partial charge in [0.2, 0.25) is 5.91 Å². The summed E-state index contributed by atoms with van der Waals surface area (Å²) in [5.41, 5.74) is -0.518. The van der Waals surface area contributed by atoms with Crippen molar-refractivity contribution < 1.29 is 14.7 Å². The molecule has 0 aromatic rings. The third kappa shape index (κ3) is 4.75. The number of hydrogen-bond acceptors (Lipinski definition) is 4. The van der Waals surface area contributed by atoms with Gasteiger partial charge in [-0.3, -0.25) is 4.79 Å². The fourth-order valence-corrected chi connectivity index (χ4v) is 1.97. The minimum absolute atomic E-state index is 0.104. The number of hydrogen-bond donors (Lipinski definition) is 3. The molecule has 1 saturated heterocycles. The molecule has 0 aromatic carbocycles. The Morgan fingerprint density at radius 3 is 2.79 bits per heavy atom. The molecule has 0 bridgehead atoms. The zero-order chi connectivity index (χ0) is 14.5. The fraction of sp³-hybridized carbons (Fsp3) is 0.750. The molecule has 106 valence electrons. The first kappa shape index (κ1) is 15.2. The lowest BCUT2D eigenvalue weighted by Gasteiger charge is -2.27. The van der Waals surface area contributed by atoms with Crippen molar-refractivity contribution in [3.63, 3.8) is 0 Å². The van der Waals surface area contributed by atoms with Crippen LogP contribution in [0.2, 0.25) is 0 Å². The number of carboxylic acid groups (broad SMARTS) is 1. The summed E-state index contributed by atoms with van der Waals surface area (Å²) in [6.07, 6.45) is 0.491. The van der Waals surface area contributed by atoms with E-state index in [0.717, 1.165) is 12.8 Å². The van der Waals surface area contributed by atoms with Crippen LogP contribution in [0, 0.1) is 11.3 Å². The smallest absolute Gasteiger partial charge is 0.404 e. The van der Waals surface area contributed by atoms with Gasteiger partial charge in [0, 0.05) is 18.6 Å². The maximum Gasteiger partial charge on any atom is 0.404 e. The highest BCUT2D eigenvalue weighted by Crippen LogP contribution is 2.16. The lowest BCUT2D eigenvalue weighted by atomic mass is 10.1. The summed E-state index contributed by atoms with van der Waals surface area (Å²) in [5, 5.41) is 22.7. The van der Waals surface area contributed by atoms with Gasteiger partial charge in [-0.25, -0.2) is 4.79 Å². The second kappa shape index (κ2) is 6.38. The van der Waals surface area contributed by atoms with E-state index in [1.807, 2.05) is 13.8 Å². The van der Waals surface area contributed by atoms with Gasteiger partial charge in [0.05, 0.1) is 12.6 Å². The first-order valence-corrected chi connectivity index (χ1v) is 6.26. The van der Waals surface area contributed by atoms with Crippen molar-refractivity contribution in [3.05, 3.63) is 0 Å². The van der Waals surface area contributed by atoms with Crippen molar-refractivity contribution in [2.75, 3.05) is 19.6 Å². The van der Waals surface area contributed by atoms with E-state index in [-0.39, 0.29) is 25.0 Å². The molecule has 2 amide bonds. The Balaban J connectivity index is 2.41. The number of amides is 2. The van der Waals surface area contributed by atoms with Crippen molar-refractivity contribution in [2.45, 2.75) is 38.3 Å². The fourth-order valence-electron chi connectivity index (χ4n) is 1.97. The maximum atomic E-state index is 12.0. The third-order valence-electron chi connectivity index (χ3n) is 3.12.